The van der Waals surface area contributed by atoms with Crippen molar-refractivity contribution in [2.45, 2.75) is 45.6 Å². The highest BCUT2D eigenvalue weighted by Crippen LogP contribution is 2.18. The molecule has 1 fully saturated rings. The Balaban J connectivity index is 0.00000220. The first-order chi connectivity index (χ1) is 9.65. The number of amides is 1. The zero-order valence-electron chi connectivity index (χ0n) is 13.0. The Hall–Kier alpha value is -1.06. The number of piperidine rings is 1. The maximum absolute atomic E-state index is 12.0. The van der Waals surface area contributed by atoms with Gasteiger partial charge in [0, 0.05) is 6.42 Å². The molecule has 118 valence electrons. The topological polar surface area (TPSA) is 41.1 Å². The minimum Gasteiger partial charge on any atom is -0.350 e. The lowest BCUT2D eigenvalue weighted by molar-refractivity contribution is -0.122. The zero-order valence-corrected chi connectivity index (χ0v) is 13.8. The summed E-state index contributed by atoms with van der Waals surface area (Å²) in [6.45, 7) is 6.33. The third-order valence-electron chi connectivity index (χ3n) is 4.19. The second-order valence-corrected chi connectivity index (χ2v) is 5.93. The summed E-state index contributed by atoms with van der Waals surface area (Å²) in [4.78, 5) is 12.0. The van der Waals surface area contributed by atoms with Gasteiger partial charge in [0.05, 0.1) is 6.04 Å². The molecule has 1 saturated heterocycles. The fourth-order valence-electron chi connectivity index (χ4n) is 2.76. The highest BCUT2D eigenvalue weighted by Gasteiger charge is 2.15. The summed E-state index contributed by atoms with van der Waals surface area (Å²) in [5.74, 6) is 0.897. The first-order valence-electron chi connectivity index (χ1n) is 7.72. The van der Waals surface area contributed by atoms with Gasteiger partial charge in [-0.05, 0) is 57.7 Å². The van der Waals surface area contributed by atoms with E-state index in [1.165, 1.54) is 24.0 Å². The molecule has 0 bridgehead atoms. The van der Waals surface area contributed by atoms with Gasteiger partial charge in [0.2, 0.25) is 5.91 Å². The van der Waals surface area contributed by atoms with Crippen LogP contribution in [0.25, 0.3) is 0 Å². The van der Waals surface area contributed by atoms with Crippen molar-refractivity contribution in [1.82, 2.24) is 10.6 Å². The monoisotopic (exact) mass is 310 g/mol. The molecule has 0 saturated carbocycles. The second-order valence-electron chi connectivity index (χ2n) is 5.93. The summed E-state index contributed by atoms with van der Waals surface area (Å²) < 4.78 is 0. The lowest BCUT2D eigenvalue weighted by atomic mass is 9.93. The van der Waals surface area contributed by atoms with Crippen LogP contribution in [0.4, 0.5) is 0 Å². The number of aryl methyl sites for hydroxylation is 1. The molecule has 4 heteroatoms. The van der Waals surface area contributed by atoms with Gasteiger partial charge in [0.1, 0.15) is 0 Å². The Morgan fingerprint density at radius 1 is 1.29 bits per heavy atom. The van der Waals surface area contributed by atoms with E-state index in [2.05, 4.69) is 41.8 Å². The molecule has 2 N–H and O–H groups in total. The largest absolute Gasteiger partial charge is 0.350 e. The molecule has 0 aromatic heterocycles. The molecule has 1 heterocycles. The van der Waals surface area contributed by atoms with E-state index in [4.69, 9.17) is 0 Å². The minimum absolute atomic E-state index is 0. The summed E-state index contributed by atoms with van der Waals surface area (Å²) in [6, 6.07) is 8.45. The van der Waals surface area contributed by atoms with Crippen LogP contribution >= 0.6 is 12.4 Å². The second kappa shape index (κ2) is 9.06. The molecule has 1 atom stereocenters. The molecule has 3 nitrogen and oxygen atoms in total. The number of carbonyl (C=O) groups excluding carboxylic acids is 1. The normalized spacial score (nSPS) is 16.9. The maximum Gasteiger partial charge on any atom is 0.220 e. The molecule has 0 radical (unpaired) electrons. The SMILES string of the molecule is Cc1ccc(C(C)NC(=O)CCC2CCNCC2)cc1.Cl. The van der Waals surface area contributed by atoms with Gasteiger partial charge in [0.25, 0.3) is 0 Å². The van der Waals surface area contributed by atoms with Crippen LogP contribution in [-0.4, -0.2) is 19.0 Å². The molecule has 1 unspecified atom stereocenters. The molecule has 1 aromatic rings. The molecule has 2 rings (SSSR count). The van der Waals surface area contributed by atoms with Crippen LogP contribution in [0.5, 0.6) is 0 Å². The predicted molar refractivity (Wildman–Crippen MR) is 89.8 cm³/mol. The van der Waals surface area contributed by atoms with Crippen molar-refractivity contribution in [2.24, 2.45) is 5.92 Å². The molecule has 1 aliphatic rings. The molecule has 0 aliphatic carbocycles. The smallest absolute Gasteiger partial charge is 0.220 e. The number of hydrogen-bond acceptors (Lipinski definition) is 2. The lowest BCUT2D eigenvalue weighted by Crippen LogP contribution is -2.30. The highest BCUT2D eigenvalue weighted by atomic mass is 35.5. The number of nitrogens with one attached hydrogen (secondary N) is 2. The van der Waals surface area contributed by atoms with E-state index in [9.17, 15) is 4.79 Å². The molecular formula is C17H27ClN2O. The average molecular weight is 311 g/mol. The molecule has 1 aliphatic heterocycles. The van der Waals surface area contributed by atoms with E-state index in [-0.39, 0.29) is 24.4 Å². The van der Waals surface area contributed by atoms with E-state index < -0.39 is 0 Å². The van der Waals surface area contributed by atoms with Crippen LogP contribution in [0.1, 0.15) is 49.8 Å². The third kappa shape index (κ3) is 6.06. The van der Waals surface area contributed by atoms with Crippen molar-refractivity contribution < 1.29 is 4.79 Å². The standard InChI is InChI=1S/C17H26N2O.ClH/c1-13-3-6-16(7-4-13)14(2)19-17(20)8-5-15-9-11-18-12-10-15;/h3-4,6-7,14-15,18H,5,8-12H2,1-2H3,(H,19,20);1H. The van der Waals surface area contributed by atoms with E-state index in [0.29, 0.717) is 6.42 Å². The van der Waals surface area contributed by atoms with Crippen LogP contribution in [0.3, 0.4) is 0 Å². The maximum atomic E-state index is 12.0. The van der Waals surface area contributed by atoms with Crippen LogP contribution in [0.2, 0.25) is 0 Å². The van der Waals surface area contributed by atoms with Crippen molar-refractivity contribution in [1.29, 1.82) is 0 Å². The summed E-state index contributed by atoms with van der Waals surface area (Å²) in [5.41, 5.74) is 2.42. The van der Waals surface area contributed by atoms with Crippen LogP contribution in [0, 0.1) is 12.8 Å². The summed E-state index contributed by atoms with van der Waals surface area (Å²) in [5, 5.41) is 6.46. The van der Waals surface area contributed by atoms with E-state index in [1.54, 1.807) is 0 Å². The Morgan fingerprint density at radius 2 is 1.90 bits per heavy atom. The first kappa shape index (κ1) is 18.0. The van der Waals surface area contributed by atoms with Crippen LogP contribution in [0.15, 0.2) is 24.3 Å². The molecule has 1 aromatic carbocycles. The molecular weight excluding hydrogens is 284 g/mol. The van der Waals surface area contributed by atoms with Crippen molar-refractivity contribution >= 4 is 18.3 Å². The summed E-state index contributed by atoms with van der Waals surface area (Å²) in [7, 11) is 0. The Bertz CT molecular complexity index is 427. The fourth-order valence-corrected chi connectivity index (χ4v) is 2.76. The first-order valence-corrected chi connectivity index (χ1v) is 7.72. The summed E-state index contributed by atoms with van der Waals surface area (Å²) >= 11 is 0. The summed E-state index contributed by atoms with van der Waals surface area (Å²) in [6.07, 6.45) is 4.09. The molecule has 1 amide bonds. The van der Waals surface area contributed by atoms with Gasteiger partial charge in [-0.1, -0.05) is 29.8 Å². The lowest BCUT2D eigenvalue weighted by Gasteiger charge is -2.22. The van der Waals surface area contributed by atoms with Crippen molar-refractivity contribution in [2.75, 3.05) is 13.1 Å². The van der Waals surface area contributed by atoms with Crippen molar-refractivity contribution in [3.8, 4) is 0 Å². The molecule has 0 spiro atoms. The van der Waals surface area contributed by atoms with Gasteiger partial charge in [0.15, 0.2) is 0 Å². The average Bonchev–Trinajstić information content (AvgIpc) is 2.47. The highest BCUT2D eigenvalue weighted by molar-refractivity contribution is 5.85. The Labute approximate surface area is 134 Å². The number of halogens is 1. The van der Waals surface area contributed by atoms with Crippen molar-refractivity contribution in [3.05, 3.63) is 35.4 Å². The van der Waals surface area contributed by atoms with Gasteiger partial charge >= 0.3 is 0 Å². The van der Waals surface area contributed by atoms with Crippen molar-refractivity contribution in [3.63, 3.8) is 0 Å². The van der Waals surface area contributed by atoms with Gasteiger partial charge in [-0.15, -0.1) is 12.4 Å². The van der Waals surface area contributed by atoms with Gasteiger partial charge in [-0.2, -0.15) is 0 Å². The number of hydrogen-bond donors (Lipinski definition) is 2. The fraction of sp³-hybridized carbons (Fsp3) is 0.588. The Kier molecular flexibility index (Phi) is 7.76. The van der Waals surface area contributed by atoms with Crippen LogP contribution in [-0.2, 0) is 4.79 Å². The minimum atomic E-state index is 0. The predicted octanol–water partition coefficient (Wildman–Crippen LogP) is 3.37. The van der Waals surface area contributed by atoms with E-state index >= 15 is 0 Å². The third-order valence-corrected chi connectivity index (χ3v) is 4.19. The number of carbonyl (C=O) groups is 1. The number of benzene rings is 1. The number of rotatable bonds is 5. The van der Waals surface area contributed by atoms with Gasteiger partial charge < -0.3 is 10.6 Å². The Morgan fingerprint density at radius 3 is 2.52 bits per heavy atom. The van der Waals surface area contributed by atoms with Gasteiger partial charge in [-0.25, -0.2) is 0 Å². The van der Waals surface area contributed by atoms with Gasteiger partial charge in [-0.3, -0.25) is 4.79 Å². The zero-order chi connectivity index (χ0) is 14.4. The van der Waals surface area contributed by atoms with E-state index in [0.717, 1.165) is 25.4 Å². The molecule has 21 heavy (non-hydrogen) atoms. The van der Waals surface area contributed by atoms with E-state index in [1.807, 2.05) is 6.92 Å². The van der Waals surface area contributed by atoms with Crippen LogP contribution < -0.4 is 10.6 Å². The quantitative estimate of drug-likeness (QED) is 0.875.